The second kappa shape index (κ2) is 5.40. The first-order valence-corrected chi connectivity index (χ1v) is 6.14. The molecule has 0 amide bonds. The minimum atomic E-state index is -1.45. The van der Waals surface area contributed by atoms with Crippen molar-refractivity contribution in [1.82, 2.24) is 4.98 Å². The average molecular weight is 249 g/mol. The molecule has 0 aliphatic rings. The van der Waals surface area contributed by atoms with Crippen LogP contribution in [0.25, 0.3) is 0 Å². The molecule has 0 bridgehead atoms. The van der Waals surface area contributed by atoms with Crippen LogP contribution in [0, 0.1) is 6.92 Å². The summed E-state index contributed by atoms with van der Waals surface area (Å²) in [5.41, 5.74) is 2.22. The SMILES string of the molecule is Cc1coc(SCc2ccccc2B(O)O)n1. The molecule has 0 radical (unpaired) electrons. The molecule has 1 aromatic heterocycles. The van der Waals surface area contributed by atoms with E-state index in [0.29, 0.717) is 16.4 Å². The summed E-state index contributed by atoms with van der Waals surface area (Å²) < 4.78 is 5.21. The van der Waals surface area contributed by atoms with Crippen molar-refractivity contribution in [3.63, 3.8) is 0 Å². The number of aryl methyl sites for hydroxylation is 1. The number of thioether (sulfide) groups is 1. The van der Waals surface area contributed by atoms with Gasteiger partial charge < -0.3 is 14.5 Å². The molecule has 2 rings (SSSR count). The maximum atomic E-state index is 9.21. The van der Waals surface area contributed by atoms with Gasteiger partial charge in [0, 0.05) is 5.75 Å². The van der Waals surface area contributed by atoms with Gasteiger partial charge in [-0.1, -0.05) is 36.0 Å². The highest BCUT2D eigenvalue weighted by molar-refractivity contribution is 7.98. The molecule has 2 N–H and O–H groups in total. The molecule has 6 heteroatoms. The number of rotatable bonds is 4. The summed E-state index contributed by atoms with van der Waals surface area (Å²) in [4.78, 5) is 4.17. The van der Waals surface area contributed by atoms with Gasteiger partial charge in [-0.2, -0.15) is 0 Å². The standard InChI is InChI=1S/C11H12BNO3S/c1-8-6-16-11(13-8)17-7-9-4-2-3-5-10(9)12(14)15/h2-6,14-15H,7H2,1H3. The highest BCUT2D eigenvalue weighted by Crippen LogP contribution is 2.21. The van der Waals surface area contributed by atoms with E-state index in [-0.39, 0.29) is 0 Å². The maximum absolute atomic E-state index is 9.21. The van der Waals surface area contributed by atoms with Gasteiger partial charge in [0.25, 0.3) is 5.22 Å². The maximum Gasteiger partial charge on any atom is 0.488 e. The van der Waals surface area contributed by atoms with Crippen LogP contribution in [0.4, 0.5) is 0 Å². The molecule has 17 heavy (non-hydrogen) atoms. The predicted molar refractivity (Wildman–Crippen MR) is 67.1 cm³/mol. The Bertz CT molecular complexity index is 501. The Labute approximate surface area is 104 Å². The fourth-order valence-corrected chi connectivity index (χ4v) is 2.32. The monoisotopic (exact) mass is 249 g/mol. The highest BCUT2D eigenvalue weighted by atomic mass is 32.2. The Morgan fingerprint density at radius 1 is 1.35 bits per heavy atom. The van der Waals surface area contributed by atoms with Crippen molar-refractivity contribution in [3.05, 3.63) is 41.8 Å². The van der Waals surface area contributed by atoms with Gasteiger partial charge in [0.2, 0.25) is 0 Å². The molecule has 0 fully saturated rings. The Kier molecular flexibility index (Phi) is 3.88. The zero-order valence-electron chi connectivity index (χ0n) is 9.33. The Morgan fingerprint density at radius 2 is 2.12 bits per heavy atom. The third-order valence-corrected chi connectivity index (χ3v) is 3.17. The number of benzene rings is 1. The second-order valence-corrected chi connectivity index (χ2v) is 4.54. The number of hydrogen-bond donors (Lipinski definition) is 2. The second-order valence-electron chi connectivity index (χ2n) is 3.62. The molecule has 0 spiro atoms. The van der Waals surface area contributed by atoms with Crippen LogP contribution in [-0.4, -0.2) is 22.2 Å². The molecule has 2 aromatic rings. The number of hydrogen-bond acceptors (Lipinski definition) is 5. The van der Waals surface area contributed by atoms with E-state index in [0.717, 1.165) is 11.3 Å². The van der Waals surface area contributed by atoms with Gasteiger partial charge in [-0.25, -0.2) is 4.98 Å². The molecule has 0 unspecified atom stereocenters. The van der Waals surface area contributed by atoms with Crippen LogP contribution in [0.1, 0.15) is 11.3 Å². The molecule has 1 heterocycles. The molecule has 0 saturated heterocycles. The van der Waals surface area contributed by atoms with Crippen LogP contribution in [0.5, 0.6) is 0 Å². The van der Waals surface area contributed by atoms with E-state index in [2.05, 4.69) is 4.98 Å². The fourth-order valence-electron chi connectivity index (χ4n) is 1.46. The summed E-state index contributed by atoms with van der Waals surface area (Å²) >= 11 is 1.43. The summed E-state index contributed by atoms with van der Waals surface area (Å²) in [6.45, 7) is 1.86. The van der Waals surface area contributed by atoms with Crippen LogP contribution < -0.4 is 5.46 Å². The van der Waals surface area contributed by atoms with Crippen LogP contribution in [0.15, 0.2) is 40.2 Å². The highest BCUT2D eigenvalue weighted by Gasteiger charge is 2.15. The minimum Gasteiger partial charge on any atom is -0.440 e. The quantitative estimate of drug-likeness (QED) is 0.624. The first-order chi connectivity index (χ1) is 8.16. The number of oxazole rings is 1. The van der Waals surface area contributed by atoms with E-state index in [9.17, 15) is 10.0 Å². The van der Waals surface area contributed by atoms with Crippen molar-refractivity contribution in [3.8, 4) is 0 Å². The molecule has 0 atom stereocenters. The molecular weight excluding hydrogens is 237 g/mol. The normalized spacial score (nSPS) is 10.5. The van der Waals surface area contributed by atoms with Gasteiger partial charge in [-0.05, 0) is 17.9 Å². The summed E-state index contributed by atoms with van der Waals surface area (Å²) in [6.07, 6.45) is 1.59. The van der Waals surface area contributed by atoms with E-state index in [4.69, 9.17) is 4.42 Å². The summed E-state index contributed by atoms with van der Waals surface area (Å²) in [5, 5.41) is 19.0. The lowest BCUT2D eigenvalue weighted by Crippen LogP contribution is -2.32. The largest absolute Gasteiger partial charge is 0.488 e. The van der Waals surface area contributed by atoms with Gasteiger partial charge in [0.1, 0.15) is 6.26 Å². The van der Waals surface area contributed by atoms with Gasteiger partial charge in [0.05, 0.1) is 5.69 Å². The summed E-state index contributed by atoms with van der Waals surface area (Å²) in [6, 6.07) is 7.19. The zero-order chi connectivity index (χ0) is 12.3. The van der Waals surface area contributed by atoms with Crippen LogP contribution >= 0.6 is 11.8 Å². The molecule has 0 aliphatic carbocycles. The van der Waals surface area contributed by atoms with Crippen LogP contribution in [-0.2, 0) is 5.75 Å². The fraction of sp³-hybridized carbons (Fsp3) is 0.182. The van der Waals surface area contributed by atoms with Crippen molar-refractivity contribution in [2.24, 2.45) is 0 Å². The van der Waals surface area contributed by atoms with Crippen molar-refractivity contribution in [2.75, 3.05) is 0 Å². The number of nitrogens with zero attached hydrogens (tertiary/aromatic N) is 1. The molecule has 4 nitrogen and oxygen atoms in total. The molecule has 0 aliphatic heterocycles. The lowest BCUT2D eigenvalue weighted by Gasteiger charge is -2.06. The van der Waals surface area contributed by atoms with Crippen LogP contribution in [0.3, 0.4) is 0 Å². The Hall–Kier alpha value is -1.24. The van der Waals surface area contributed by atoms with E-state index in [1.165, 1.54) is 11.8 Å². The van der Waals surface area contributed by atoms with Crippen molar-refractivity contribution >= 4 is 24.3 Å². The lowest BCUT2D eigenvalue weighted by atomic mass is 9.77. The third-order valence-electron chi connectivity index (χ3n) is 2.28. The summed E-state index contributed by atoms with van der Waals surface area (Å²) in [7, 11) is -1.45. The van der Waals surface area contributed by atoms with Gasteiger partial charge in [0.15, 0.2) is 0 Å². The summed E-state index contributed by atoms with van der Waals surface area (Å²) in [5.74, 6) is 0.591. The molecule has 1 aromatic carbocycles. The topological polar surface area (TPSA) is 66.5 Å². The van der Waals surface area contributed by atoms with Gasteiger partial charge in [-0.3, -0.25) is 0 Å². The average Bonchev–Trinajstić information content (AvgIpc) is 2.73. The molecule has 0 saturated carbocycles. The first-order valence-electron chi connectivity index (χ1n) is 5.15. The van der Waals surface area contributed by atoms with Crippen molar-refractivity contribution in [1.29, 1.82) is 0 Å². The lowest BCUT2D eigenvalue weighted by molar-refractivity contribution is 0.425. The number of aromatic nitrogens is 1. The van der Waals surface area contributed by atoms with E-state index in [1.54, 1.807) is 18.4 Å². The van der Waals surface area contributed by atoms with Gasteiger partial charge >= 0.3 is 7.12 Å². The Morgan fingerprint density at radius 3 is 2.76 bits per heavy atom. The van der Waals surface area contributed by atoms with Crippen molar-refractivity contribution < 1.29 is 14.5 Å². The molecular formula is C11H12BNO3S. The van der Waals surface area contributed by atoms with Gasteiger partial charge in [-0.15, -0.1) is 0 Å². The van der Waals surface area contributed by atoms with E-state index >= 15 is 0 Å². The Balaban J connectivity index is 2.08. The van der Waals surface area contributed by atoms with Crippen LogP contribution in [0.2, 0.25) is 0 Å². The molecule has 88 valence electrons. The predicted octanol–water partition coefficient (Wildman–Crippen LogP) is 0.955. The first kappa shape index (κ1) is 12.2. The zero-order valence-corrected chi connectivity index (χ0v) is 10.1. The third kappa shape index (κ3) is 3.12. The minimum absolute atomic E-state index is 0.517. The smallest absolute Gasteiger partial charge is 0.440 e. The van der Waals surface area contributed by atoms with Crippen molar-refractivity contribution in [2.45, 2.75) is 17.9 Å². The van der Waals surface area contributed by atoms with E-state index in [1.807, 2.05) is 19.1 Å². The van der Waals surface area contributed by atoms with E-state index < -0.39 is 7.12 Å².